The van der Waals surface area contributed by atoms with Gasteiger partial charge in [0.25, 0.3) is 0 Å². The first-order chi connectivity index (χ1) is 10.1. The molecule has 1 N–H and O–H groups in total. The van der Waals surface area contributed by atoms with E-state index in [1.165, 1.54) is 11.3 Å². The van der Waals surface area contributed by atoms with Crippen molar-refractivity contribution in [3.63, 3.8) is 0 Å². The normalized spacial score (nSPS) is 11.2. The van der Waals surface area contributed by atoms with Gasteiger partial charge in [0, 0.05) is 40.3 Å². The summed E-state index contributed by atoms with van der Waals surface area (Å²) in [6.07, 6.45) is 1.40. The Hall–Kier alpha value is -1.02. The average molecular weight is 316 g/mol. The summed E-state index contributed by atoms with van der Waals surface area (Å²) >= 11 is 1.28. The van der Waals surface area contributed by atoms with Crippen molar-refractivity contribution in [1.82, 2.24) is 9.88 Å². The zero-order valence-electron chi connectivity index (χ0n) is 12.9. The number of aryl methyl sites for hydroxylation is 1. The highest BCUT2D eigenvalue weighted by Gasteiger charge is 2.16. The number of carbonyl (C=O) groups is 1. The molecular formula is C14H24N2O4S. The smallest absolute Gasteiger partial charge is 0.347 e. The summed E-state index contributed by atoms with van der Waals surface area (Å²) in [5.41, 5.74) is 0.683. The third-order valence-electron chi connectivity index (χ3n) is 3.14. The Labute approximate surface area is 129 Å². The maximum absolute atomic E-state index is 11.1. The van der Waals surface area contributed by atoms with Crippen molar-refractivity contribution in [2.75, 3.05) is 47.1 Å². The topological polar surface area (TPSA) is 71.9 Å². The van der Waals surface area contributed by atoms with Crippen LogP contribution in [0.15, 0.2) is 0 Å². The van der Waals surface area contributed by atoms with Gasteiger partial charge in [-0.1, -0.05) is 6.92 Å². The highest BCUT2D eigenvalue weighted by atomic mass is 32.1. The van der Waals surface area contributed by atoms with Gasteiger partial charge in [0.15, 0.2) is 0 Å². The number of thiazole rings is 1. The quantitative estimate of drug-likeness (QED) is 0.668. The van der Waals surface area contributed by atoms with Crippen molar-refractivity contribution in [2.24, 2.45) is 0 Å². The number of hydrogen-bond donors (Lipinski definition) is 1. The van der Waals surface area contributed by atoms with Gasteiger partial charge in [0.05, 0.1) is 23.9 Å². The Morgan fingerprint density at radius 3 is 2.29 bits per heavy atom. The number of rotatable bonds is 11. The van der Waals surface area contributed by atoms with Crippen molar-refractivity contribution in [2.45, 2.75) is 19.8 Å². The van der Waals surface area contributed by atoms with Crippen LogP contribution in [0, 0.1) is 0 Å². The molecule has 120 valence electrons. The summed E-state index contributed by atoms with van der Waals surface area (Å²) in [6, 6.07) is 0. The Kier molecular flexibility index (Phi) is 8.44. The number of carboxylic acid groups (broad SMARTS) is 1. The van der Waals surface area contributed by atoms with Gasteiger partial charge in [-0.3, -0.25) is 4.90 Å². The molecule has 1 heterocycles. The van der Waals surface area contributed by atoms with Crippen LogP contribution >= 0.6 is 11.3 Å². The maximum Gasteiger partial charge on any atom is 0.347 e. The second-order valence-corrected chi connectivity index (χ2v) is 5.70. The zero-order valence-corrected chi connectivity index (χ0v) is 13.7. The summed E-state index contributed by atoms with van der Waals surface area (Å²) in [6.45, 7) is 5.75. The van der Waals surface area contributed by atoms with Gasteiger partial charge in [0.2, 0.25) is 0 Å². The Balaban J connectivity index is 2.59. The van der Waals surface area contributed by atoms with Crippen LogP contribution in [0.3, 0.4) is 0 Å². The molecule has 0 aliphatic carbocycles. The molecule has 21 heavy (non-hydrogen) atoms. The number of methoxy groups -OCH3 is 2. The minimum absolute atomic E-state index is 0.368. The molecule has 0 aromatic carbocycles. The van der Waals surface area contributed by atoms with Gasteiger partial charge in [-0.05, 0) is 6.42 Å². The van der Waals surface area contributed by atoms with Gasteiger partial charge in [-0.25, -0.2) is 9.78 Å². The van der Waals surface area contributed by atoms with Crippen molar-refractivity contribution in [3.8, 4) is 0 Å². The lowest BCUT2D eigenvalue weighted by Crippen LogP contribution is -2.32. The number of carboxylic acids is 1. The lowest BCUT2D eigenvalue weighted by atomic mass is 10.3. The average Bonchev–Trinajstić information content (AvgIpc) is 2.90. The van der Waals surface area contributed by atoms with Crippen LogP contribution in [0.5, 0.6) is 0 Å². The molecule has 0 aliphatic rings. The molecule has 1 aromatic heterocycles. The Morgan fingerprint density at radius 2 is 1.86 bits per heavy atom. The van der Waals surface area contributed by atoms with Crippen LogP contribution < -0.4 is 0 Å². The molecule has 1 rings (SSSR count). The Morgan fingerprint density at radius 1 is 1.24 bits per heavy atom. The fourth-order valence-corrected chi connectivity index (χ4v) is 2.92. The van der Waals surface area contributed by atoms with Gasteiger partial charge < -0.3 is 14.6 Å². The van der Waals surface area contributed by atoms with E-state index in [9.17, 15) is 4.79 Å². The fourth-order valence-electron chi connectivity index (χ4n) is 1.94. The van der Waals surface area contributed by atoms with E-state index >= 15 is 0 Å². The van der Waals surface area contributed by atoms with Crippen molar-refractivity contribution < 1.29 is 19.4 Å². The molecule has 0 saturated heterocycles. The van der Waals surface area contributed by atoms with E-state index < -0.39 is 5.97 Å². The summed E-state index contributed by atoms with van der Waals surface area (Å²) in [7, 11) is 3.37. The Bertz CT molecular complexity index is 429. The minimum Gasteiger partial charge on any atom is -0.477 e. The number of ether oxygens (including phenoxy) is 2. The van der Waals surface area contributed by atoms with Crippen molar-refractivity contribution in [1.29, 1.82) is 0 Å². The molecule has 1 aromatic rings. The summed E-state index contributed by atoms with van der Waals surface area (Å²) < 4.78 is 10.2. The van der Waals surface area contributed by atoms with Crippen LogP contribution in [0.2, 0.25) is 0 Å². The van der Waals surface area contributed by atoms with Crippen LogP contribution in [0.25, 0.3) is 0 Å². The van der Waals surface area contributed by atoms with Crippen LogP contribution in [-0.2, 0) is 22.3 Å². The van der Waals surface area contributed by atoms with E-state index in [-0.39, 0.29) is 0 Å². The number of hydrogen-bond acceptors (Lipinski definition) is 6. The fraction of sp³-hybridized carbons (Fsp3) is 0.714. The van der Waals surface area contributed by atoms with Gasteiger partial charge in [-0.2, -0.15) is 0 Å². The van der Waals surface area contributed by atoms with E-state index in [0.717, 1.165) is 31.1 Å². The van der Waals surface area contributed by atoms with Crippen molar-refractivity contribution in [3.05, 3.63) is 15.6 Å². The molecule has 0 saturated carbocycles. The van der Waals surface area contributed by atoms with Crippen LogP contribution in [0.1, 0.15) is 27.3 Å². The molecule has 7 heteroatoms. The lowest BCUT2D eigenvalue weighted by Gasteiger charge is -2.20. The molecule has 0 bridgehead atoms. The van der Waals surface area contributed by atoms with E-state index in [4.69, 9.17) is 14.6 Å². The molecule has 0 amide bonds. The SMILES string of the molecule is CCc1nc(CCN(CCOC)CCOC)sc1C(=O)O. The van der Waals surface area contributed by atoms with Crippen LogP contribution in [-0.4, -0.2) is 68.0 Å². The number of nitrogens with zero attached hydrogens (tertiary/aromatic N) is 2. The first-order valence-corrected chi connectivity index (χ1v) is 7.86. The molecule has 0 aliphatic heterocycles. The van der Waals surface area contributed by atoms with Gasteiger partial charge >= 0.3 is 5.97 Å². The molecule has 6 nitrogen and oxygen atoms in total. The number of aromatic carboxylic acids is 1. The van der Waals surface area contributed by atoms with E-state index in [2.05, 4.69) is 9.88 Å². The van der Waals surface area contributed by atoms with E-state index in [1.54, 1.807) is 14.2 Å². The first kappa shape index (κ1) is 18.0. The van der Waals surface area contributed by atoms with E-state index in [0.29, 0.717) is 30.2 Å². The summed E-state index contributed by atoms with van der Waals surface area (Å²) in [5, 5.41) is 10.0. The van der Waals surface area contributed by atoms with Crippen molar-refractivity contribution >= 4 is 17.3 Å². The summed E-state index contributed by atoms with van der Waals surface area (Å²) in [4.78, 5) is 18.2. The molecule has 0 fully saturated rings. The predicted octanol–water partition coefficient (Wildman–Crippen LogP) is 1.54. The highest BCUT2D eigenvalue weighted by molar-refractivity contribution is 7.13. The number of aromatic nitrogens is 1. The third-order valence-corrected chi connectivity index (χ3v) is 4.28. The molecule has 0 unspecified atom stereocenters. The predicted molar refractivity (Wildman–Crippen MR) is 82.3 cm³/mol. The van der Waals surface area contributed by atoms with Gasteiger partial charge in [0.1, 0.15) is 4.88 Å². The molecular weight excluding hydrogens is 292 g/mol. The van der Waals surface area contributed by atoms with Gasteiger partial charge in [-0.15, -0.1) is 11.3 Å². The standard InChI is InChI=1S/C14H24N2O4S/c1-4-11-13(14(17)18)21-12(15-11)5-6-16(7-9-19-2)8-10-20-3/h4-10H2,1-3H3,(H,17,18). The second kappa shape index (κ2) is 9.83. The lowest BCUT2D eigenvalue weighted by molar-refractivity contribution is 0.0701. The summed E-state index contributed by atoms with van der Waals surface area (Å²) in [5.74, 6) is -0.883. The molecule has 0 atom stereocenters. The van der Waals surface area contributed by atoms with E-state index in [1.807, 2.05) is 6.92 Å². The van der Waals surface area contributed by atoms with Crippen LogP contribution in [0.4, 0.5) is 0 Å². The third kappa shape index (κ3) is 6.09. The maximum atomic E-state index is 11.1. The first-order valence-electron chi connectivity index (χ1n) is 7.04. The molecule has 0 spiro atoms. The zero-order chi connectivity index (χ0) is 15.7. The molecule has 0 radical (unpaired) electrons. The second-order valence-electron chi connectivity index (χ2n) is 4.62. The minimum atomic E-state index is -0.883. The highest BCUT2D eigenvalue weighted by Crippen LogP contribution is 2.20. The largest absolute Gasteiger partial charge is 0.477 e. The monoisotopic (exact) mass is 316 g/mol.